The standard InChI is InChI=1S/C25H42N4OS/c1-8-9-10-11-12-13-16-31-22-27-18-26-21(29-22)28-19-14-15-25(30,24(5,6)7)20(17-19)23(2,3)4/h14-15,17-19,30H,8-13,16H2,1-7H3,(H,26,27,28,29). The molecule has 0 saturated heterocycles. The van der Waals surface area contributed by atoms with Gasteiger partial charge in [-0.25, -0.2) is 9.97 Å². The molecule has 0 aromatic carbocycles. The first kappa shape index (κ1) is 25.9. The Balaban J connectivity index is 2.01. The number of nitrogens with one attached hydrogen (secondary N) is 1. The van der Waals surface area contributed by atoms with Gasteiger partial charge < -0.3 is 10.4 Å². The smallest absolute Gasteiger partial charge is 0.227 e. The van der Waals surface area contributed by atoms with Crippen molar-refractivity contribution in [2.45, 2.75) is 104 Å². The first-order chi connectivity index (χ1) is 14.5. The quantitative estimate of drug-likeness (QED) is 0.245. The molecule has 5 nitrogen and oxygen atoms in total. The van der Waals surface area contributed by atoms with Crippen molar-refractivity contribution >= 4 is 17.7 Å². The maximum absolute atomic E-state index is 11.5. The molecular formula is C25H42N4OS. The summed E-state index contributed by atoms with van der Waals surface area (Å²) in [6.45, 7) is 14.9. The van der Waals surface area contributed by atoms with Crippen LogP contribution >= 0.6 is 11.8 Å². The van der Waals surface area contributed by atoms with Crippen LogP contribution in [0.1, 0.15) is 87.0 Å². The van der Waals surface area contributed by atoms with Gasteiger partial charge in [-0.1, -0.05) is 111 Å². The minimum atomic E-state index is -0.985. The van der Waals surface area contributed by atoms with Gasteiger partial charge in [0.2, 0.25) is 5.95 Å². The highest BCUT2D eigenvalue weighted by molar-refractivity contribution is 7.99. The summed E-state index contributed by atoms with van der Waals surface area (Å²) in [6.07, 6.45) is 15.4. The van der Waals surface area contributed by atoms with Gasteiger partial charge in [0.05, 0.1) is 6.04 Å². The van der Waals surface area contributed by atoms with Crippen LogP contribution in [-0.2, 0) is 0 Å². The molecule has 0 spiro atoms. The van der Waals surface area contributed by atoms with Crippen molar-refractivity contribution in [1.82, 2.24) is 15.0 Å². The average molecular weight is 447 g/mol. The molecule has 2 rings (SSSR count). The Kier molecular flexibility index (Phi) is 9.14. The molecule has 2 unspecified atom stereocenters. The molecule has 0 radical (unpaired) electrons. The van der Waals surface area contributed by atoms with Crippen molar-refractivity contribution in [3.63, 3.8) is 0 Å². The van der Waals surface area contributed by atoms with E-state index in [4.69, 9.17) is 0 Å². The zero-order chi connectivity index (χ0) is 23.1. The largest absolute Gasteiger partial charge is 0.381 e. The molecule has 1 aromatic heterocycles. The maximum atomic E-state index is 11.5. The van der Waals surface area contributed by atoms with Crippen LogP contribution in [0.5, 0.6) is 0 Å². The Morgan fingerprint density at radius 2 is 1.71 bits per heavy atom. The Bertz CT molecular complexity index is 764. The van der Waals surface area contributed by atoms with Crippen molar-refractivity contribution in [2.24, 2.45) is 10.8 Å². The molecule has 174 valence electrons. The minimum Gasteiger partial charge on any atom is -0.381 e. The zero-order valence-corrected chi connectivity index (χ0v) is 21.4. The lowest BCUT2D eigenvalue weighted by Crippen LogP contribution is -2.48. The lowest BCUT2D eigenvalue weighted by atomic mass is 9.63. The monoisotopic (exact) mass is 446 g/mol. The third-order valence-electron chi connectivity index (χ3n) is 5.83. The van der Waals surface area contributed by atoms with Crippen molar-refractivity contribution in [2.75, 3.05) is 11.1 Å². The first-order valence-corrected chi connectivity index (χ1v) is 12.7. The highest BCUT2D eigenvalue weighted by atomic mass is 32.2. The van der Waals surface area contributed by atoms with E-state index in [1.54, 1.807) is 18.1 Å². The Morgan fingerprint density at radius 1 is 1.03 bits per heavy atom. The first-order valence-electron chi connectivity index (χ1n) is 11.7. The topological polar surface area (TPSA) is 70.9 Å². The summed E-state index contributed by atoms with van der Waals surface area (Å²) in [4.78, 5) is 13.2. The summed E-state index contributed by atoms with van der Waals surface area (Å²) in [5.41, 5.74) is -0.439. The van der Waals surface area contributed by atoms with Gasteiger partial charge in [-0.05, 0) is 22.8 Å². The third-order valence-corrected chi connectivity index (χ3v) is 6.78. The number of rotatable bonds is 10. The highest BCUT2D eigenvalue weighted by Gasteiger charge is 2.46. The van der Waals surface area contributed by atoms with E-state index in [1.807, 2.05) is 12.2 Å². The molecule has 0 amide bonds. The predicted molar refractivity (Wildman–Crippen MR) is 132 cm³/mol. The highest BCUT2D eigenvalue weighted by Crippen LogP contribution is 2.47. The third kappa shape index (κ3) is 7.31. The van der Waals surface area contributed by atoms with E-state index in [0.717, 1.165) is 16.5 Å². The van der Waals surface area contributed by atoms with Crippen LogP contribution in [0.4, 0.5) is 5.95 Å². The van der Waals surface area contributed by atoms with E-state index >= 15 is 0 Å². The summed E-state index contributed by atoms with van der Waals surface area (Å²) in [6, 6.07) is -0.0735. The lowest BCUT2D eigenvalue weighted by molar-refractivity contribution is 0.00342. The fourth-order valence-corrected chi connectivity index (χ4v) is 4.68. The number of anilines is 1. The Labute approximate surface area is 193 Å². The van der Waals surface area contributed by atoms with E-state index < -0.39 is 5.60 Å². The molecular weight excluding hydrogens is 404 g/mol. The summed E-state index contributed by atoms with van der Waals surface area (Å²) in [5, 5.41) is 15.6. The fraction of sp³-hybridized carbons (Fsp3) is 0.720. The van der Waals surface area contributed by atoms with E-state index in [2.05, 4.69) is 74.8 Å². The SMILES string of the molecule is CCCCCCCCSc1ncnc(NC2C=CC(O)(C(C)(C)C)C(C(C)(C)C)=C2)n1. The molecule has 0 bridgehead atoms. The second kappa shape index (κ2) is 11.0. The molecule has 1 heterocycles. The predicted octanol–water partition coefficient (Wildman–Crippen LogP) is 6.42. The molecule has 31 heavy (non-hydrogen) atoms. The van der Waals surface area contributed by atoms with Gasteiger partial charge in [-0.3, -0.25) is 0 Å². The number of aliphatic hydroxyl groups is 1. The summed E-state index contributed by atoms with van der Waals surface area (Å²) in [5.74, 6) is 1.60. The van der Waals surface area contributed by atoms with Gasteiger partial charge in [0, 0.05) is 5.75 Å². The number of nitrogens with zero attached hydrogens (tertiary/aromatic N) is 3. The van der Waals surface area contributed by atoms with Gasteiger partial charge in [0.1, 0.15) is 11.9 Å². The maximum Gasteiger partial charge on any atom is 0.227 e. The summed E-state index contributed by atoms with van der Waals surface area (Å²) in [7, 11) is 0. The number of unbranched alkanes of at least 4 members (excludes halogenated alkanes) is 5. The average Bonchev–Trinajstić information content (AvgIpc) is 2.67. The molecule has 6 heteroatoms. The Hall–Kier alpha value is -1.40. The van der Waals surface area contributed by atoms with E-state index in [1.165, 1.54) is 38.5 Å². The van der Waals surface area contributed by atoms with E-state index in [9.17, 15) is 5.11 Å². The van der Waals surface area contributed by atoms with Gasteiger partial charge in [0.25, 0.3) is 0 Å². The van der Waals surface area contributed by atoms with Gasteiger partial charge in [-0.15, -0.1) is 0 Å². The van der Waals surface area contributed by atoms with Crippen molar-refractivity contribution < 1.29 is 5.11 Å². The molecule has 0 saturated carbocycles. The Morgan fingerprint density at radius 3 is 2.35 bits per heavy atom. The minimum absolute atomic E-state index is 0.0735. The molecule has 0 aliphatic heterocycles. The summed E-state index contributed by atoms with van der Waals surface area (Å²) < 4.78 is 0. The van der Waals surface area contributed by atoms with Crippen LogP contribution in [0.3, 0.4) is 0 Å². The number of hydrogen-bond donors (Lipinski definition) is 2. The van der Waals surface area contributed by atoms with Crippen LogP contribution in [0.15, 0.2) is 35.3 Å². The number of aromatic nitrogens is 3. The van der Waals surface area contributed by atoms with Crippen molar-refractivity contribution in [3.05, 3.63) is 30.1 Å². The van der Waals surface area contributed by atoms with E-state index in [-0.39, 0.29) is 16.9 Å². The van der Waals surface area contributed by atoms with Gasteiger partial charge in [0.15, 0.2) is 5.16 Å². The number of thioether (sulfide) groups is 1. The number of hydrogen-bond acceptors (Lipinski definition) is 6. The normalized spacial score (nSPS) is 21.8. The second-order valence-electron chi connectivity index (χ2n) is 10.6. The van der Waals surface area contributed by atoms with Gasteiger partial charge >= 0.3 is 0 Å². The van der Waals surface area contributed by atoms with Crippen LogP contribution < -0.4 is 5.32 Å². The van der Waals surface area contributed by atoms with Gasteiger partial charge in [-0.2, -0.15) is 4.98 Å². The van der Waals surface area contributed by atoms with Crippen LogP contribution in [0.2, 0.25) is 0 Å². The second-order valence-corrected chi connectivity index (χ2v) is 11.6. The van der Waals surface area contributed by atoms with Crippen molar-refractivity contribution in [3.8, 4) is 0 Å². The fourth-order valence-electron chi connectivity index (χ4n) is 3.88. The zero-order valence-electron chi connectivity index (χ0n) is 20.5. The molecule has 1 aliphatic carbocycles. The molecule has 1 aliphatic rings. The molecule has 0 fully saturated rings. The lowest BCUT2D eigenvalue weighted by Gasteiger charge is -2.47. The van der Waals surface area contributed by atoms with E-state index in [0.29, 0.717) is 5.95 Å². The summed E-state index contributed by atoms with van der Waals surface area (Å²) >= 11 is 1.69. The van der Waals surface area contributed by atoms with Crippen LogP contribution in [-0.4, -0.2) is 37.5 Å². The molecule has 2 atom stereocenters. The molecule has 2 N–H and O–H groups in total. The van der Waals surface area contributed by atoms with Crippen LogP contribution in [0.25, 0.3) is 0 Å². The van der Waals surface area contributed by atoms with Crippen LogP contribution in [0, 0.1) is 10.8 Å². The van der Waals surface area contributed by atoms with Crippen molar-refractivity contribution in [1.29, 1.82) is 0 Å². The molecule has 1 aromatic rings.